The summed E-state index contributed by atoms with van der Waals surface area (Å²) < 4.78 is 10.7. The van der Waals surface area contributed by atoms with Gasteiger partial charge in [0.1, 0.15) is 29.3 Å². The van der Waals surface area contributed by atoms with Crippen LogP contribution in [0.4, 0.5) is 5.82 Å². The molecule has 0 unspecified atom stereocenters. The van der Waals surface area contributed by atoms with Crippen molar-refractivity contribution >= 4 is 16.9 Å². The molecule has 22 heavy (non-hydrogen) atoms. The molecule has 1 aromatic carbocycles. The van der Waals surface area contributed by atoms with Crippen molar-refractivity contribution in [2.45, 2.75) is 6.54 Å². The first-order chi connectivity index (χ1) is 10.7. The smallest absolute Gasteiger partial charge is 0.142 e. The molecule has 6 heteroatoms. The molecule has 2 aromatic heterocycles. The van der Waals surface area contributed by atoms with Crippen molar-refractivity contribution in [1.82, 2.24) is 15.0 Å². The number of hydrogen-bond donors (Lipinski definition) is 1. The number of ether oxygens (including phenoxy) is 2. The fourth-order valence-electron chi connectivity index (χ4n) is 2.50. The predicted octanol–water partition coefficient (Wildman–Crippen LogP) is 2.61. The molecule has 2 heterocycles. The highest BCUT2D eigenvalue weighted by Crippen LogP contribution is 2.28. The molecule has 3 aromatic rings. The average molecular weight is 298 g/mol. The van der Waals surface area contributed by atoms with Crippen LogP contribution in [0.15, 0.2) is 36.8 Å². The second-order valence-electron chi connectivity index (χ2n) is 4.97. The molecule has 3 rings (SSSR count). The van der Waals surface area contributed by atoms with Gasteiger partial charge >= 0.3 is 0 Å². The SMILES string of the molecule is COc1ccc(OC)c(CN(C)c2ncnc3[nH]ccc23)c1. The number of nitrogens with zero attached hydrogens (tertiary/aromatic N) is 3. The van der Waals surface area contributed by atoms with Crippen LogP contribution in [0, 0.1) is 0 Å². The summed E-state index contributed by atoms with van der Waals surface area (Å²) in [7, 11) is 5.32. The van der Waals surface area contributed by atoms with E-state index in [4.69, 9.17) is 9.47 Å². The molecule has 0 saturated carbocycles. The van der Waals surface area contributed by atoms with E-state index in [1.54, 1.807) is 20.5 Å². The maximum absolute atomic E-state index is 5.43. The average Bonchev–Trinajstić information content (AvgIpc) is 3.03. The summed E-state index contributed by atoms with van der Waals surface area (Å²) in [6.07, 6.45) is 3.43. The van der Waals surface area contributed by atoms with Crippen molar-refractivity contribution in [3.63, 3.8) is 0 Å². The number of methoxy groups -OCH3 is 2. The summed E-state index contributed by atoms with van der Waals surface area (Å²) in [6, 6.07) is 7.75. The largest absolute Gasteiger partial charge is 0.497 e. The number of rotatable bonds is 5. The zero-order valence-corrected chi connectivity index (χ0v) is 12.8. The van der Waals surface area contributed by atoms with E-state index in [-0.39, 0.29) is 0 Å². The van der Waals surface area contributed by atoms with Gasteiger partial charge in [-0.3, -0.25) is 0 Å². The molecule has 0 atom stereocenters. The molecule has 0 aliphatic carbocycles. The molecule has 0 bridgehead atoms. The maximum atomic E-state index is 5.43. The van der Waals surface area contributed by atoms with Crippen LogP contribution < -0.4 is 14.4 Å². The van der Waals surface area contributed by atoms with Crippen molar-refractivity contribution in [2.75, 3.05) is 26.2 Å². The van der Waals surface area contributed by atoms with E-state index in [0.717, 1.165) is 33.9 Å². The third-order valence-electron chi connectivity index (χ3n) is 3.59. The van der Waals surface area contributed by atoms with Crippen molar-refractivity contribution < 1.29 is 9.47 Å². The minimum Gasteiger partial charge on any atom is -0.497 e. The lowest BCUT2D eigenvalue weighted by molar-refractivity contribution is 0.398. The van der Waals surface area contributed by atoms with Crippen LogP contribution in [0.3, 0.4) is 0 Å². The third-order valence-corrected chi connectivity index (χ3v) is 3.59. The monoisotopic (exact) mass is 298 g/mol. The Labute approximate surface area is 128 Å². The Kier molecular flexibility index (Phi) is 3.82. The predicted molar refractivity (Wildman–Crippen MR) is 85.5 cm³/mol. The number of nitrogens with one attached hydrogen (secondary N) is 1. The van der Waals surface area contributed by atoms with Crippen LogP contribution in [-0.4, -0.2) is 36.2 Å². The highest BCUT2D eigenvalue weighted by molar-refractivity contribution is 5.87. The van der Waals surface area contributed by atoms with Crippen LogP contribution in [-0.2, 0) is 6.54 Å². The number of hydrogen-bond acceptors (Lipinski definition) is 5. The lowest BCUT2D eigenvalue weighted by atomic mass is 10.1. The number of fused-ring (bicyclic) bond motifs is 1. The Morgan fingerprint density at radius 3 is 2.77 bits per heavy atom. The topological polar surface area (TPSA) is 63.3 Å². The van der Waals surface area contributed by atoms with Crippen LogP contribution in [0.1, 0.15) is 5.56 Å². The van der Waals surface area contributed by atoms with Gasteiger partial charge in [-0.1, -0.05) is 0 Å². The van der Waals surface area contributed by atoms with Crippen LogP contribution in [0.2, 0.25) is 0 Å². The first-order valence-corrected chi connectivity index (χ1v) is 6.93. The lowest BCUT2D eigenvalue weighted by Gasteiger charge is -2.20. The number of H-pyrrole nitrogens is 1. The van der Waals surface area contributed by atoms with E-state index < -0.39 is 0 Å². The molecule has 6 nitrogen and oxygen atoms in total. The number of aromatic nitrogens is 3. The standard InChI is InChI=1S/C16H18N4O2/c1-20(16-13-6-7-17-15(13)18-10-19-16)9-11-8-12(21-2)4-5-14(11)22-3/h4-8,10H,9H2,1-3H3,(H,17,18,19). The Balaban J connectivity index is 1.94. The first-order valence-electron chi connectivity index (χ1n) is 6.93. The zero-order chi connectivity index (χ0) is 15.5. The van der Waals surface area contributed by atoms with Gasteiger partial charge in [-0.2, -0.15) is 0 Å². The van der Waals surface area contributed by atoms with Gasteiger partial charge in [0, 0.05) is 25.4 Å². The van der Waals surface area contributed by atoms with Gasteiger partial charge < -0.3 is 19.4 Å². The minimum absolute atomic E-state index is 0.650. The van der Waals surface area contributed by atoms with E-state index in [0.29, 0.717) is 6.54 Å². The summed E-state index contributed by atoms with van der Waals surface area (Å²) in [4.78, 5) is 13.8. The molecule has 0 radical (unpaired) electrons. The second-order valence-corrected chi connectivity index (χ2v) is 4.97. The normalized spacial score (nSPS) is 10.7. The van der Waals surface area contributed by atoms with Crippen LogP contribution in [0.25, 0.3) is 11.0 Å². The highest BCUT2D eigenvalue weighted by Gasteiger charge is 2.13. The van der Waals surface area contributed by atoms with Gasteiger partial charge in [0.25, 0.3) is 0 Å². The molecular formula is C16H18N4O2. The van der Waals surface area contributed by atoms with Gasteiger partial charge in [0.2, 0.25) is 0 Å². The molecule has 114 valence electrons. The quantitative estimate of drug-likeness (QED) is 0.784. The fourth-order valence-corrected chi connectivity index (χ4v) is 2.50. The third kappa shape index (κ3) is 2.55. The van der Waals surface area contributed by atoms with E-state index in [2.05, 4.69) is 19.9 Å². The van der Waals surface area contributed by atoms with Gasteiger partial charge in [-0.05, 0) is 24.3 Å². The Morgan fingerprint density at radius 2 is 2.00 bits per heavy atom. The molecule has 0 amide bonds. The van der Waals surface area contributed by atoms with Gasteiger partial charge in [-0.25, -0.2) is 9.97 Å². The summed E-state index contributed by atoms with van der Waals surface area (Å²) >= 11 is 0. The summed E-state index contributed by atoms with van der Waals surface area (Å²) in [5, 5.41) is 0.992. The highest BCUT2D eigenvalue weighted by atomic mass is 16.5. The summed E-state index contributed by atoms with van der Waals surface area (Å²) in [5.74, 6) is 2.50. The first kappa shape index (κ1) is 14.2. The molecule has 0 saturated heterocycles. The van der Waals surface area contributed by atoms with Crippen molar-refractivity contribution in [2.24, 2.45) is 0 Å². The second kappa shape index (κ2) is 5.93. The molecule has 0 aliphatic heterocycles. The molecule has 0 fully saturated rings. The Hall–Kier alpha value is -2.76. The van der Waals surface area contributed by atoms with E-state index >= 15 is 0 Å². The van der Waals surface area contributed by atoms with E-state index in [1.165, 1.54) is 0 Å². The number of aromatic amines is 1. The van der Waals surface area contributed by atoms with Crippen LogP contribution >= 0.6 is 0 Å². The van der Waals surface area contributed by atoms with Crippen molar-refractivity contribution in [3.05, 3.63) is 42.4 Å². The molecule has 0 aliphatic rings. The van der Waals surface area contributed by atoms with Gasteiger partial charge in [0.05, 0.1) is 19.6 Å². The number of benzene rings is 1. The van der Waals surface area contributed by atoms with Crippen LogP contribution in [0.5, 0.6) is 11.5 Å². The Bertz CT molecular complexity index is 785. The summed E-state index contributed by atoms with van der Waals surface area (Å²) in [5.41, 5.74) is 1.86. The lowest BCUT2D eigenvalue weighted by Crippen LogP contribution is -2.18. The van der Waals surface area contributed by atoms with E-state index in [1.807, 2.05) is 37.5 Å². The maximum Gasteiger partial charge on any atom is 0.142 e. The summed E-state index contributed by atoms with van der Waals surface area (Å²) in [6.45, 7) is 0.650. The van der Waals surface area contributed by atoms with Crippen molar-refractivity contribution in [1.29, 1.82) is 0 Å². The molecular weight excluding hydrogens is 280 g/mol. The Morgan fingerprint density at radius 1 is 1.14 bits per heavy atom. The molecule has 0 spiro atoms. The fraction of sp³-hybridized carbons (Fsp3) is 0.250. The van der Waals surface area contributed by atoms with E-state index in [9.17, 15) is 0 Å². The zero-order valence-electron chi connectivity index (χ0n) is 12.8. The minimum atomic E-state index is 0.650. The van der Waals surface area contributed by atoms with Gasteiger partial charge in [0.15, 0.2) is 0 Å². The molecule has 1 N–H and O–H groups in total. The van der Waals surface area contributed by atoms with Gasteiger partial charge in [-0.15, -0.1) is 0 Å². The van der Waals surface area contributed by atoms with Crippen molar-refractivity contribution in [3.8, 4) is 11.5 Å². The number of anilines is 1.